The molecule has 0 amide bonds. The molecule has 4 rings (SSSR count). The molecule has 2 aliphatic rings. The second-order valence-electron chi connectivity index (χ2n) is 9.73. The largest absolute Gasteiger partial charge is 0.506 e. The average molecular weight is 536 g/mol. The molecule has 9 nitrogen and oxygen atoms in total. The second kappa shape index (κ2) is 8.83. The molecule has 36 heavy (non-hydrogen) atoms. The molecule has 0 aromatic heterocycles. The summed E-state index contributed by atoms with van der Waals surface area (Å²) < 4.78 is 56.6. The summed E-state index contributed by atoms with van der Waals surface area (Å²) in [6.07, 6.45) is 2.02. The van der Waals surface area contributed by atoms with Gasteiger partial charge >= 0.3 is 7.52 Å². The van der Waals surface area contributed by atoms with Gasteiger partial charge in [-0.05, 0) is 61.6 Å². The van der Waals surface area contributed by atoms with Gasteiger partial charge in [-0.15, -0.1) is 0 Å². The first-order chi connectivity index (χ1) is 16.6. The zero-order valence-corrected chi connectivity index (χ0v) is 21.9. The van der Waals surface area contributed by atoms with Crippen LogP contribution in [0, 0.1) is 11.7 Å². The fraction of sp³-hybridized carbons (Fsp3) is 0.333. The van der Waals surface area contributed by atoms with Gasteiger partial charge in [0.25, 0.3) is 0 Å². The molecule has 0 bridgehead atoms. The molecular formula is C24H27FN3O6PS. The van der Waals surface area contributed by atoms with Crippen LogP contribution in [-0.2, 0) is 24.8 Å². The Morgan fingerprint density at radius 2 is 1.92 bits per heavy atom. The molecule has 2 aromatic carbocycles. The molecule has 1 aliphatic carbocycles. The number of nitrogens with one attached hydrogen (secondary N) is 2. The molecular weight excluding hydrogens is 508 g/mol. The summed E-state index contributed by atoms with van der Waals surface area (Å²) in [5, 5.41) is 13.8. The van der Waals surface area contributed by atoms with Crippen molar-refractivity contribution in [2.75, 3.05) is 16.3 Å². The predicted octanol–water partition coefficient (Wildman–Crippen LogP) is 4.08. The fourth-order valence-corrected chi connectivity index (χ4v) is 6.33. The zero-order valence-electron chi connectivity index (χ0n) is 20.2. The number of carbonyl (C=O) groups excluding carboxylic acids is 1. The van der Waals surface area contributed by atoms with Gasteiger partial charge < -0.3 is 15.3 Å². The van der Waals surface area contributed by atoms with Crippen molar-refractivity contribution in [3.05, 3.63) is 58.9 Å². The summed E-state index contributed by atoms with van der Waals surface area (Å²) in [6, 6.07) is 7.77. The Bertz CT molecular complexity index is 1500. The molecule has 2 aromatic rings. The SMILES string of the molecule is CC(C)CCC1(C)C(=O)C(C2=NP(=O)(O)c3cc(NS(C)(=O)=O)ccc3N2)=C(O)c2cc(F)ccc21. The number of hydrogen-bond acceptors (Lipinski definition) is 6. The maximum atomic E-state index is 14.2. The third kappa shape index (κ3) is 4.70. The quantitative estimate of drug-likeness (QED) is 0.408. The summed E-state index contributed by atoms with van der Waals surface area (Å²) in [5.74, 6) is -1.70. The van der Waals surface area contributed by atoms with Crippen molar-refractivity contribution in [3.8, 4) is 0 Å². The van der Waals surface area contributed by atoms with Crippen molar-refractivity contribution in [1.82, 2.24) is 0 Å². The number of sulfonamides is 1. The molecule has 0 fully saturated rings. The number of rotatable bonds is 6. The van der Waals surface area contributed by atoms with E-state index in [1.54, 1.807) is 6.92 Å². The monoisotopic (exact) mass is 535 g/mol. The molecule has 12 heteroatoms. The highest BCUT2D eigenvalue weighted by Crippen LogP contribution is 2.50. The van der Waals surface area contributed by atoms with Crippen LogP contribution in [0.15, 0.2) is 46.7 Å². The number of ketones is 1. The Morgan fingerprint density at radius 1 is 1.22 bits per heavy atom. The highest BCUT2D eigenvalue weighted by Gasteiger charge is 2.47. The van der Waals surface area contributed by atoms with Crippen LogP contribution in [0.5, 0.6) is 0 Å². The summed E-state index contributed by atoms with van der Waals surface area (Å²) in [7, 11) is -8.13. The normalized spacial score (nSPS) is 23.6. The zero-order chi connectivity index (χ0) is 26.6. The van der Waals surface area contributed by atoms with Crippen molar-refractivity contribution in [2.24, 2.45) is 10.7 Å². The van der Waals surface area contributed by atoms with Gasteiger partial charge in [0.1, 0.15) is 23.0 Å². The van der Waals surface area contributed by atoms with Crippen LogP contribution >= 0.6 is 7.52 Å². The highest BCUT2D eigenvalue weighted by atomic mass is 32.2. The summed E-state index contributed by atoms with van der Waals surface area (Å²) in [4.78, 5) is 24.6. The van der Waals surface area contributed by atoms with E-state index in [9.17, 15) is 32.2 Å². The molecule has 0 saturated heterocycles. The summed E-state index contributed by atoms with van der Waals surface area (Å²) in [5.41, 5.74) is -0.679. The number of nitrogens with zero attached hydrogens (tertiary/aromatic N) is 1. The molecule has 0 spiro atoms. The smallest absolute Gasteiger partial charge is 0.346 e. The number of Topliss-reactive ketones (excluding diaryl/α,β-unsaturated/α-hetero) is 1. The molecule has 0 radical (unpaired) electrons. The molecule has 1 heterocycles. The number of amidine groups is 1. The van der Waals surface area contributed by atoms with Gasteiger partial charge in [0, 0.05) is 11.3 Å². The Kier molecular flexibility index (Phi) is 6.39. The third-order valence-electron chi connectivity index (χ3n) is 6.36. The van der Waals surface area contributed by atoms with E-state index >= 15 is 0 Å². The number of aliphatic hydroxyl groups excluding tert-OH is 1. The fourth-order valence-electron chi connectivity index (χ4n) is 4.49. The van der Waals surface area contributed by atoms with Crippen LogP contribution in [0.2, 0.25) is 0 Å². The van der Waals surface area contributed by atoms with Crippen LogP contribution in [0.3, 0.4) is 0 Å². The number of hydrogen-bond donors (Lipinski definition) is 4. The van der Waals surface area contributed by atoms with Crippen molar-refractivity contribution >= 4 is 51.6 Å². The first-order valence-corrected chi connectivity index (χ1v) is 14.7. The number of benzene rings is 2. The minimum absolute atomic E-state index is 0.0624. The maximum Gasteiger partial charge on any atom is 0.346 e. The predicted molar refractivity (Wildman–Crippen MR) is 138 cm³/mol. The molecule has 4 N–H and O–H groups in total. The van der Waals surface area contributed by atoms with E-state index in [4.69, 9.17) is 0 Å². The minimum Gasteiger partial charge on any atom is -0.506 e. The van der Waals surface area contributed by atoms with Gasteiger partial charge in [0.15, 0.2) is 5.78 Å². The van der Waals surface area contributed by atoms with Gasteiger partial charge in [0.05, 0.1) is 22.7 Å². The van der Waals surface area contributed by atoms with Crippen LogP contribution in [0.1, 0.15) is 44.7 Å². The standard InChI is InChI=1S/C24H27FN3O6PS/c1-13(2)9-10-24(3)17-7-5-14(25)11-16(17)21(29)20(22(24)30)23-26-18-8-6-15(28-36(4,33)34)12-19(18)35(31,32)27-23/h5-8,11-13,28-29H,9-10H2,1-4H3,(H2,26,27,31,32). The van der Waals surface area contributed by atoms with Crippen LogP contribution in [0.4, 0.5) is 15.8 Å². The topological polar surface area (TPSA) is 145 Å². The number of anilines is 2. The van der Waals surface area contributed by atoms with E-state index in [0.29, 0.717) is 18.4 Å². The maximum absolute atomic E-state index is 14.2. The van der Waals surface area contributed by atoms with E-state index < -0.39 is 40.3 Å². The van der Waals surface area contributed by atoms with E-state index in [1.165, 1.54) is 30.3 Å². The minimum atomic E-state index is -4.49. The average Bonchev–Trinajstić information content (AvgIpc) is 2.75. The van der Waals surface area contributed by atoms with Gasteiger partial charge in [-0.3, -0.25) is 14.1 Å². The number of fused-ring (bicyclic) bond motifs is 2. The van der Waals surface area contributed by atoms with Crippen molar-refractivity contribution in [3.63, 3.8) is 0 Å². The van der Waals surface area contributed by atoms with Crippen molar-refractivity contribution in [2.45, 2.75) is 39.0 Å². The summed E-state index contributed by atoms with van der Waals surface area (Å²) >= 11 is 0. The summed E-state index contributed by atoms with van der Waals surface area (Å²) in [6.45, 7) is 5.73. The highest BCUT2D eigenvalue weighted by molar-refractivity contribution is 7.92. The van der Waals surface area contributed by atoms with Crippen molar-refractivity contribution < 1.29 is 32.2 Å². The molecule has 0 saturated carbocycles. The number of halogens is 1. The Balaban J connectivity index is 1.86. The van der Waals surface area contributed by atoms with E-state index in [2.05, 4.69) is 14.8 Å². The number of aliphatic hydroxyl groups is 1. The van der Waals surface area contributed by atoms with E-state index in [-0.39, 0.29) is 39.6 Å². The van der Waals surface area contributed by atoms with Gasteiger partial charge in [-0.1, -0.05) is 19.9 Å². The molecule has 2 unspecified atom stereocenters. The van der Waals surface area contributed by atoms with Crippen LogP contribution in [-0.4, -0.2) is 36.3 Å². The molecule has 1 aliphatic heterocycles. The van der Waals surface area contributed by atoms with Gasteiger partial charge in [0.2, 0.25) is 10.0 Å². The van der Waals surface area contributed by atoms with Crippen molar-refractivity contribution in [1.29, 1.82) is 0 Å². The van der Waals surface area contributed by atoms with E-state index in [0.717, 1.165) is 12.3 Å². The third-order valence-corrected chi connectivity index (χ3v) is 8.43. The lowest BCUT2D eigenvalue weighted by Gasteiger charge is -2.37. The number of carbonyl (C=O) groups is 1. The lowest BCUT2D eigenvalue weighted by molar-refractivity contribution is -0.120. The van der Waals surface area contributed by atoms with E-state index in [1.807, 2.05) is 13.8 Å². The van der Waals surface area contributed by atoms with Crippen LogP contribution < -0.4 is 15.3 Å². The lowest BCUT2D eigenvalue weighted by atomic mass is 9.66. The molecule has 192 valence electrons. The second-order valence-corrected chi connectivity index (χ2v) is 13.2. The molecule has 2 atom stereocenters. The Hall–Kier alpha value is -3.01. The lowest BCUT2D eigenvalue weighted by Crippen LogP contribution is -2.42. The van der Waals surface area contributed by atoms with Gasteiger partial charge in [-0.2, -0.15) is 4.76 Å². The van der Waals surface area contributed by atoms with Gasteiger partial charge in [-0.25, -0.2) is 12.8 Å². The first-order valence-electron chi connectivity index (χ1n) is 11.2. The Labute approximate surface area is 208 Å². The Morgan fingerprint density at radius 3 is 2.56 bits per heavy atom. The van der Waals surface area contributed by atoms with Crippen LogP contribution in [0.25, 0.3) is 5.76 Å². The first kappa shape index (κ1) is 26.1.